The van der Waals surface area contributed by atoms with Crippen molar-refractivity contribution in [2.75, 3.05) is 0 Å². The third kappa shape index (κ3) is 9.17. The zero-order valence-electron chi connectivity index (χ0n) is 4.27. The van der Waals surface area contributed by atoms with E-state index in [4.69, 9.17) is 0 Å². The molecule has 0 aliphatic carbocycles. The van der Waals surface area contributed by atoms with Gasteiger partial charge in [0.25, 0.3) is 0 Å². The van der Waals surface area contributed by atoms with E-state index in [2.05, 4.69) is 0 Å². The monoisotopic (exact) mass is 160 g/mol. The van der Waals surface area contributed by atoms with Crippen molar-refractivity contribution in [2.24, 2.45) is 0 Å². The molecule has 0 heterocycles. The number of carbonyl (C=O) groups excluding carboxylic acids is 2. The van der Waals surface area contributed by atoms with Crippen LogP contribution in [0.5, 0.6) is 0 Å². The van der Waals surface area contributed by atoms with Crippen LogP contribution in [0.25, 0.3) is 0 Å². The van der Waals surface area contributed by atoms with Crippen molar-refractivity contribution in [1.29, 1.82) is 0 Å². The summed E-state index contributed by atoms with van der Waals surface area (Å²) in [5.74, 6) is -1.69. The summed E-state index contributed by atoms with van der Waals surface area (Å²) in [5.41, 5.74) is 0. The van der Waals surface area contributed by atoms with E-state index in [0.717, 1.165) is 0 Å². The first-order chi connectivity index (χ1) is 3.13. The minimum Gasteiger partial charge on any atom is -0.550 e. The number of carboxylic acids is 1. The molecule has 0 fully saturated rings. The van der Waals surface area contributed by atoms with Gasteiger partial charge >= 0.3 is 0 Å². The molecule has 4 heteroatoms. The molecule has 1 radical (unpaired) electrons. The molecule has 0 aromatic rings. The summed E-state index contributed by atoms with van der Waals surface area (Å²) in [6.45, 7) is 1.20. The maximum absolute atomic E-state index is 9.83. The Labute approximate surface area is 57.3 Å². The topological polar surface area (TPSA) is 57.2 Å². The number of carbonyl (C=O) groups is 2. The fraction of sp³-hybridized carbons (Fsp3) is 0.500. The van der Waals surface area contributed by atoms with Crippen LogP contribution < -0.4 is 5.11 Å². The first-order valence-corrected chi connectivity index (χ1v) is 1.82. The smallest absolute Gasteiger partial charge is 0.135 e. The molecule has 8 heavy (non-hydrogen) atoms. The van der Waals surface area contributed by atoms with Crippen LogP contribution in [0.3, 0.4) is 0 Å². The van der Waals surface area contributed by atoms with Gasteiger partial charge in [0.1, 0.15) is 5.78 Å². The van der Waals surface area contributed by atoms with Crippen molar-refractivity contribution in [3.63, 3.8) is 0 Å². The zero-order chi connectivity index (χ0) is 5.86. The fourth-order valence-corrected chi connectivity index (χ4v) is 0.203. The summed E-state index contributed by atoms with van der Waals surface area (Å²) >= 11 is 0. The van der Waals surface area contributed by atoms with Gasteiger partial charge in [-0.1, -0.05) is 0 Å². The van der Waals surface area contributed by atoms with Gasteiger partial charge in [-0.25, -0.2) is 0 Å². The summed E-state index contributed by atoms with van der Waals surface area (Å²) in [6, 6.07) is 0. The molecule has 0 rings (SSSR count). The second kappa shape index (κ2) is 4.80. The number of carboxylic acid groups (broad SMARTS) is 1. The second-order valence-corrected chi connectivity index (χ2v) is 1.25. The van der Waals surface area contributed by atoms with E-state index < -0.39 is 12.4 Å². The Morgan fingerprint density at radius 3 is 1.88 bits per heavy atom. The molecular weight excluding hydrogens is 155 g/mol. The van der Waals surface area contributed by atoms with Gasteiger partial charge in [-0.3, -0.25) is 4.79 Å². The number of Topliss-reactive ketones (excluding diaryl/α,β-unsaturated/α-hetero) is 1. The van der Waals surface area contributed by atoms with Crippen LogP contribution >= 0.6 is 0 Å². The predicted octanol–water partition coefficient (Wildman–Crippen LogP) is -1.29. The number of aliphatic carboxylic acids is 1. The van der Waals surface area contributed by atoms with E-state index in [-0.39, 0.29) is 22.6 Å². The fourth-order valence-electron chi connectivity index (χ4n) is 0.203. The Morgan fingerprint density at radius 1 is 1.50 bits per heavy atom. The molecule has 0 atom stereocenters. The number of ketones is 1. The average Bonchev–Trinajstić information content (AvgIpc) is 1.27. The molecule has 0 aromatic heterocycles. The maximum Gasteiger partial charge on any atom is 0.135 e. The van der Waals surface area contributed by atoms with Crippen LogP contribution in [-0.4, -0.2) is 11.8 Å². The van der Waals surface area contributed by atoms with Crippen molar-refractivity contribution < 1.29 is 31.5 Å². The van der Waals surface area contributed by atoms with Gasteiger partial charge in [-0.2, -0.15) is 0 Å². The van der Waals surface area contributed by atoms with Crippen LogP contribution in [0.2, 0.25) is 0 Å². The van der Waals surface area contributed by atoms with Crippen molar-refractivity contribution in [2.45, 2.75) is 13.3 Å². The maximum atomic E-state index is 9.83. The van der Waals surface area contributed by atoms with Crippen molar-refractivity contribution >= 4 is 11.8 Å². The van der Waals surface area contributed by atoms with Crippen LogP contribution in [-0.2, 0) is 26.4 Å². The van der Waals surface area contributed by atoms with Gasteiger partial charge in [0.2, 0.25) is 0 Å². The predicted molar refractivity (Wildman–Crippen MR) is 20.3 cm³/mol. The molecule has 0 bridgehead atoms. The number of rotatable bonds is 2. The summed E-state index contributed by atoms with van der Waals surface area (Å²) in [5, 5.41) is 9.48. The zero-order valence-corrected chi connectivity index (χ0v) is 5.31. The summed E-state index contributed by atoms with van der Waals surface area (Å²) in [7, 11) is 0. The van der Waals surface area contributed by atoms with Crippen LogP contribution in [0, 0.1) is 0 Å². The first-order valence-electron chi connectivity index (χ1n) is 1.82. The van der Waals surface area contributed by atoms with Crippen molar-refractivity contribution in [3.05, 3.63) is 0 Å². The Morgan fingerprint density at radius 2 is 1.88 bits per heavy atom. The van der Waals surface area contributed by atoms with Crippen molar-refractivity contribution in [3.8, 4) is 0 Å². The molecule has 0 unspecified atom stereocenters. The molecule has 0 aromatic carbocycles. The van der Waals surface area contributed by atoms with Gasteiger partial charge in [-0.15, -0.1) is 0 Å². The third-order valence-electron chi connectivity index (χ3n) is 0.393. The van der Waals surface area contributed by atoms with E-state index in [0.29, 0.717) is 0 Å². The standard InChI is InChI=1S/C4H6O3.Co/c1-3(5)2-4(6)7;/h2H2,1H3,(H,6,7);/p-1. The Bertz CT molecular complexity index is 87.5. The summed E-state index contributed by atoms with van der Waals surface area (Å²) in [6.07, 6.45) is -0.472. The minimum absolute atomic E-state index is 0. The molecule has 0 aliphatic heterocycles. The van der Waals surface area contributed by atoms with E-state index in [1.807, 2.05) is 0 Å². The molecule has 0 saturated heterocycles. The number of hydrogen-bond acceptors (Lipinski definition) is 3. The summed E-state index contributed by atoms with van der Waals surface area (Å²) < 4.78 is 0. The van der Waals surface area contributed by atoms with Gasteiger partial charge in [0.15, 0.2) is 0 Å². The van der Waals surface area contributed by atoms with E-state index in [1.165, 1.54) is 6.92 Å². The molecule has 0 aliphatic rings. The molecule has 0 N–H and O–H groups in total. The van der Waals surface area contributed by atoms with Gasteiger partial charge in [-0.05, 0) is 6.92 Å². The van der Waals surface area contributed by atoms with Gasteiger partial charge < -0.3 is 9.90 Å². The quantitative estimate of drug-likeness (QED) is 0.472. The normalized spacial score (nSPS) is 7.12. The third-order valence-corrected chi connectivity index (χ3v) is 0.393. The average molecular weight is 160 g/mol. The Kier molecular flexibility index (Phi) is 6.35. The number of hydrogen-bond donors (Lipinski definition) is 0. The molecule has 3 nitrogen and oxygen atoms in total. The summed E-state index contributed by atoms with van der Waals surface area (Å²) in [4.78, 5) is 19.3. The van der Waals surface area contributed by atoms with Gasteiger partial charge in [0.05, 0.1) is 0 Å². The molecule has 49 valence electrons. The minimum atomic E-state index is -1.31. The van der Waals surface area contributed by atoms with E-state index >= 15 is 0 Å². The van der Waals surface area contributed by atoms with E-state index in [9.17, 15) is 14.7 Å². The molecule has 0 amide bonds. The van der Waals surface area contributed by atoms with Crippen LogP contribution in [0.4, 0.5) is 0 Å². The van der Waals surface area contributed by atoms with Crippen LogP contribution in [0.1, 0.15) is 13.3 Å². The molecule has 0 saturated carbocycles. The molecular formula is C4H5CoO3-. The Hall–Kier alpha value is -0.354. The second-order valence-electron chi connectivity index (χ2n) is 1.25. The Balaban J connectivity index is 0. The first kappa shape index (κ1) is 10.6. The molecule has 0 spiro atoms. The largest absolute Gasteiger partial charge is 0.550 e. The van der Waals surface area contributed by atoms with Crippen LogP contribution in [0.15, 0.2) is 0 Å². The van der Waals surface area contributed by atoms with Gasteiger partial charge in [0, 0.05) is 29.2 Å². The SMILES string of the molecule is CC(=O)CC(=O)[O-].[Co]. The van der Waals surface area contributed by atoms with Crippen molar-refractivity contribution in [1.82, 2.24) is 0 Å². The van der Waals surface area contributed by atoms with E-state index in [1.54, 1.807) is 0 Å².